The van der Waals surface area contributed by atoms with Crippen LogP contribution < -0.4 is 15.4 Å². The van der Waals surface area contributed by atoms with Gasteiger partial charge in [-0.15, -0.1) is 12.4 Å². The molecular formula is C25H36ClN7O3S. The maximum absolute atomic E-state index is 13.6. The maximum Gasteiger partial charge on any atom is 0.256 e. The van der Waals surface area contributed by atoms with Gasteiger partial charge < -0.3 is 15.5 Å². The molecule has 0 bridgehead atoms. The number of nitrogens with one attached hydrogen (secondary N) is 1. The van der Waals surface area contributed by atoms with Gasteiger partial charge in [0.25, 0.3) is 5.91 Å². The molecule has 10 nitrogen and oxygen atoms in total. The first-order valence-electron chi connectivity index (χ1n) is 12.2. The highest BCUT2D eigenvalue weighted by molar-refractivity contribution is 7.92. The lowest BCUT2D eigenvalue weighted by Gasteiger charge is -2.27. The fraction of sp³-hybridized carbons (Fsp3) is 0.480. The topological polar surface area (TPSA) is 126 Å². The van der Waals surface area contributed by atoms with Crippen molar-refractivity contribution >= 4 is 45.5 Å². The highest BCUT2D eigenvalue weighted by Gasteiger charge is 2.28. The predicted octanol–water partition coefficient (Wildman–Crippen LogP) is 3.29. The van der Waals surface area contributed by atoms with Crippen LogP contribution in [0.4, 0.5) is 11.5 Å². The molecule has 202 valence electrons. The van der Waals surface area contributed by atoms with Crippen LogP contribution in [-0.2, 0) is 10.0 Å². The minimum Gasteiger partial charge on any atom is -0.355 e. The number of aryl methyl sites for hydroxylation is 2. The molecule has 4 rings (SSSR count). The molecule has 1 aliphatic rings. The van der Waals surface area contributed by atoms with Crippen LogP contribution in [0.3, 0.4) is 0 Å². The Balaban J connectivity index is 0.00000380. The number of benzene rings is 1. The van der Waals surface area contributed by atoms with Crippen LogP contribution in [0.15, 0.2) is 30.5 Å². The second kappa shape index (κ2) is 11.2. The number of nitrogens with two attached hydrogens (primary N) is 1. The summed E-state index contributed by atoms with van der Waals surface area (Å²) in [6.45, 7) is 7.59. The van der Waals surface area contributed by atoms with Gasteiger partial charge in [0.2, 0.25) is 10.0 Å². The molecule has 1 aliphatic heterocycles. The van der Waals surface area contributed by atoms with Gasteiger partial charge in [-0.2, -0.15) is 5.10 Å². The van der Waals surface area contributed by atoms with E-state index in [1.807, 2.05) is 26.1 Å². The molecule has 2 atom stereocenters. The molecule has 2 aromatic heterocycles. The molecule has 3 N–H and O–H groups in total. The number of carbonyl (C=O) groups excluding carboxylic acids is 1. The van der Waals surface area contributed by atoms with E-state index < -0.39 is 10.0 Å². The first-order chi connectivity index (χ1) is 17.0. The molecule has 3 heterocycles. The number of fused-ring (bicyclic) bond motifs is 1. The fourth-order valence-corrected chi connectivity index (χ4v) is 5.33. The molecule has 37 heavy (non-hydrogen) atoms. The Bertz CT molecular complexity index is 1390. The van der Waals surface area contributed by atoms with Crippen LogP contribution in [0, 0.1) is 13.8 Å². The quantitative estimate of drug-likeness (QED) is 0.441. The smallest absolute Gasteiger partial charge is 0.256 e. The van der Waals surface area contributed by atoms with E-state index in [1.54, 1.807) is 34.7 Å². The molecule has 0 spiro atoms. The molecule has 0 unspecified atom stereocenters. The zero-order chi connectivity index (χ0) is 26.2. The minimum atomic E-state index is -3.55. The third-order valence-electron chi connectivity index (χ3n) is 6.54. The molecule has 3 aromatic rings. The summed E-state index contributed by atoms with van der Waals surface area (Å²) in [5.41, 5.74) is 9.98. The lowest BCUT2D eigenvalue weighted by molar-refractivity contribution is 0.0719. The Kier molecular flexibility index (Phi) is 8.71. The van der Waals surface area contributed by atoms with Crippen LogP contribution in [0.1, 0.15) is 59.4 Å². The number of nitrogens with zero attached hydrogens (tertiary/aromatic N) is 5. The van der Waals surface area contributed by atoms with Crippen molar-refractivity contribution in [2.45, 2.75) is 52.1 Å². The van der Waals surface area contributed by atoms with Gasteiger partial charge in [0.15, 0.2) is 5.65 Å². The Morgan fingerprint density at radius 1 is 1.30 bits per heavy atom. The average Bonchev–Trinajstić information content (AvgIpc) is 3.41. The van der Waals surface area contributed by atoms with Gasteiger partial charge in [0.05, 0.1) is 29.2 Å². The monoisotopic (exact) mass is 549 g/mol. The molecule has 1 aromatic carbocycles. The largest absolute Gasteiger partial charge is 0.355 e. The van der Waals surface area contributed by atoms with Crippen molar-refractivity contribution in [2.75, 3.05) is 36.0 Å². The van der Waals surface area contributed by atoms with E-state index in [0.29, 0.717) is 17.6 Å². The second-order valence-electron chi connectivity index (χ2n) is 9.76. The molecular weight excluding hydrogens is 514 g/mol. The van der Waals surface area contributed by atoms with Gasteiger partial charge in [-0.3, -0.25) is 9.52 Å². The summed E-state index contributed by atoms with van der Waals surface area (Å²) in [6, 6.07) is 6.87. The zero-order valence-corrected chi connectivity index (χ0v) is 23.6. The number of carbonyl (C=O) groups is 1. The van der Waals surface area contributed by atoms with Crippen LogP contribution >= 0.6 is 12.4 Å². The Morgan fingerprint density at radius 3 is 2.65 bits per heavy atom. The number of halogens is 1. The van der Waals surface area contributed by atoms with E-state index in [1.165, 1.54) is 0 Å². The molecule has 12 heteroatoms. The van der Waals surface area contributed by atoms with Crippen molar-refractivity contribution in [3.8, 4) is 0 Å². The SMILES string of the molecule is CCC[C@@H](c1cc2nc(N3CC[C@H](N)C3)c(C)cn2n1)N(C)C(=O)c1cc(C)ccc1NS(C)(=O)=O.Cl. The van der Waals surface area contributed by atoms with Gasteiger partial charge in [0, 0.05) is 44.0 Å². The number of sulfonamides is 1. The van der Waals surface area contributed by atoms with Crippen LogP contribution in [0.5, 0.6) is 0 Å². The van der Waals surface area contributed by atoms with E-state index in [2.05, 4.69) is 16.5 Å². The number of anilines is 2. The first kappa shape index (κ1) is 28.7. The normalized spacial score (nSPS) is 16.5. The van der Waals surface area contributed by atoms with Crippen LogP contribution in [0.25, 0.3) is 5.65 Å². The fourth-order valence-electron chi connectivity index (χ4n) is 4.75. The Hall–Kier alpha value is -2.89. The summed E-state index contributed by atoms with van der Waals surface area (Å²) < 4.78 is 28.0. The molecule has 1 amide bonds. The summed E-state index contributed by atoms with van der Waals surface area (Å²) in [5, 5.41) is 4.78. The lowest BCUT2D eigenvalue weighted by Crippen LogP contribution is -2.32. The number of aromatic nitrogens is 3. The average molecular weight is 550 g/mol. The third-order valence-corrected chi connectivity index (χ3v) is 7.13. The van der Waals surface area contributed by atoms with Crippen molar-refractivity contribution < 1.29 is 13.2 Å². The molecule has 0 radical (unpaired) electrons. The van der Waals surface area contributed by atoms with Crippen molar-refractivity contribution in [2.24, 2.45) is 5.73 Å². The number of hydrogen-bond donors (Lipinski definition) is 2. The molecule has 0 aliphatic carbocycles. The molecule has 1 fully saturated rings. The second-order valence-corrected chi connectivity index (χ2v) is 11.5. The standard InChI is InChI=1S/C25H35N7O3S.ClH/c1-6-7-22(30(4)25(33)19-12-16(2)8-9-20(19)29-36(5,34)35)21-13-23-27-24(17(3)14-32(23)28-21)31-11-10-18(26)15-31;/h8-9,12-14,18,22,29H,6-7,10-11,15,26H2,1-5H3;1H/t18-,22-;/m0./s1. The Labute approximate surface area is 224 Å². The van der Waals surface area contributed by atoms with E-state index in [0.717, 1.165) is 54.8 Å². The molecule has 0 saturated carbocycles. The number of amides is 1. The van der Waals surface area contributed by atoms with Crippen LogP contribution in [0.2, 0.25) is 0 Å². The van der Waals surface area contributed by atoms with Crippen molar-refractivity contribution in [3.05, 3.63) is 52.8 Å². The third kappa shape index (κ3) is 6.34. The lowest BCUT2D eigenvalue weighted by atomic mass is 10.0. The molecule has 1 saturated heterocycles. The summed E-state index contributed by atoms with van der Waals surface area (Å²) in [4.78, 5) is 22.4. The predicted molar refractivity (Wildman–Crippen MR) is 149 cm³/mol. The van der Waals surface area contributed by atoms with E-state index >= 15 is 0 Å². The van der Waals surface area contributed by atoms with Gasteiger partial charge in [-0.25, -0.2) is 17.9 Å². The highest BCUT2D eigenvalue weighted by atomic mass is 35.5. The van der Waals surface area contributed by atoms with Gasteiger partial charge in [-0.1, -0.05) is 25.0 Å². The number of rotatable bonds is 8. The van der Waals surface area contributed by atoms with E-state index in [9.17, 15) is 13.2 Å². The van der Waals surface area contributed by atoms with Crippen molar-refractivity contribution in [3.63, 3.8) is 0 Å². The zero-order valence-electron chi connectivity index (χ0n) is 21.9. The van der Waals surface area contributed by atoms with Gasteiger partial charge in [0.1, 0.15) is 5.82 Å². The van der Waals surface area contributed by atoms with Gasteiger partial charge in [-0.05, 0) is 38.8 Å². The van der Waals surface area contributed by atoms with Crippen molar-refractivity contribution in [1.29, 1.82) is 0 Å². The summed E-state index contributed by atoms with van der Waals surface area (Å²) in [6.07, 6.45) is 5.50. The van der Waals surface area contributed by atoms with Crippen molar-refractivity contribution in [1.82, 2.24) is 19.5 Å². The summed E-state index contributed by atoms with van der Waals surface area (Å²) in [7, 11) is -1.82. The van der Waals surface area contributed by atoms with E-state index in [-0.39, 0.29) is 36.1 Å². The Morgan fingerprint density at radius 2 is 2.03 bits per heavy atom. The highest BCUT2D eigenvalue weighted by Crippen LogP contribution is 2.30. The minimum absolute atomic E-state index is 0. The van der Waals surface area contributed by atoms with Gasteiger partial charge >= 0.3 is 0 Å². The van der Waals surface area contributed by atoms with Crippen LogP contribution in [-0.4, -0.2) is 66.3 Å². The number of hydrogen-bond acceptors (Lipinski definition) is 7. The maximum atomic E-state index is 13.6. The first-order valence-corrected chi connectivity index (χ1v) is 14.1. The summed E-state index contributed by atoms with van der Waals surface area (Å²) >= 11 is 0. The summed E-state index contributed by atoms with van der Waals surface area (Å²) in [5.74, 6) is 0.630. The van der Waals surface area contributed by atoms with E-state index in [4.69, 9.17) is 15.8 Å².